The number of likely N-dealkylation sites (tertiary alicyclic amines) is 1. The van der Waals surface area contributed by atoms with Crippen LogP contribution in [0.4, 0.5) is 18.9 Å². The minimum atomic E-state index is -4.69. The van der Waals surface area contributed by atoms with Crippen LogP contribution in [0.25, 0.3) is 0 Å². The number of hydrogen-bond acceptors (Lipinski definition) is 4. The molecule has 0 aromatic heterocycles. The zero-order valence-corrected chi connectivity index (χ0v) is 11.2. The van der Waals surface area contributed by atoms with E-state index in [9.17, 15) is 23.3 Å². The van der Waals surface area contributed by atoms with Gasteiger partial charge in [-0.15, -0.1) is 0 Å². The van der Waals surface area contributed by atoms with Gasteiger partial charge in [-0.1, -0.05) is 0 Å². The number of hydrogen-bond donors (Lipinski definition) is 0. The number of nitrogens with zero attached hydrogens (tertiary/aromatic N) is 2. The monoisotopic (exact) mass is 304 g/mol. The summed E-state index contributed by atoms with van der Waals surface area (Å²) in [5.41, 5.74) is -1.72. The molecule has 0 radical (unpaired) electrons. The molecule has 1 aromatic carbocycles. The van der Waals surface area contributed by atoms with E-state index in [1.54, 1.807) is 0 Å². The zero-order valence-electron chi connectivity index (χ0n) is 11.2. The van der Waals surface area contributed by atoms with Crippen LogP contribution in [0, 0.1) is 10.1 Å². The molecule has 1 fully saturated rings. The van der Waals surface area contributed by atoms with Gasteiger partial charge in [0, 0.05) is 18.7 Å². The Morgan fingerprint density at radius 3 is 2.52 bits per heavy atom. The number of benzene rings is 1. The second kappa shape index (κ2) is 6.30. The largest absolute Gasteiger partial charge is 0.492 e. The highest BCUT2D eigenvalue weighted by atomic mass is 19.4. The van der Waals surface area contributed by atoms with Crippen molar-refractivity contribution in [3.8, 4) is 5.75 Å². The maximum atomic E-state index is 12.9. The van der Waals surface area contributed by atoms with Crippen LogP contribution in [0.3, 0.4) is 0 Å². The fraction of sp³-hybridized carbons (Fsp3) is 0.538. The molecule has 0 atom stereocenters. The summed E-state index contributed by atoms with van der Waals surface area (Å²) >= 11 is 0. The minimum Gasteiger partial charge on any atom is -0.492 e. The van der Waals surface area contributed by atoms with E-state index in [0.717, 1.165) is 38.1 Å². The van der Waals surface area contributed by atoms with E-state index in [4.69, 9.17) is 4.74 Å². The number of halogens is 3. The summed E-state index contributed by atoms with van der Waals surface area (Å²) in [5.74, 6) is -0.368. The first-order chi connectivity index (χ1) is 9.88. The molecule has 5 nitrogen and oxygen atoms in total. The zero-order chi connectivity index (χ0) is 15.5. The van der Waals surface area contributed by atoms with Crippen molar-refractivity contribution in [2.45, 2.75) is 19.0 Å². The molecule has 2 rings (SSSR count). The predicted octanol–water partition coefficient (Wildman–Crippen LogP) is 3.09. The summed E-state index contributed by atoms with van der Waals surface area (Å²) in [4.78, 5) is 11.8. The summed E-state index contributed by atoms with van der Waals surface area (Å²) in [6.45, 7) is 2.53. The lowest BCUT2D eigenvalue weighted by molar-refractivity contribution is -0.385. The number of ether oxygens (including phenoxy) is 1. The standard InChI is InChI=1S/C13H15F3N2O3/c14-13(15,16)11-9-10(18(19)20)3-4-12(11)21-8-7-17-5-1-2-6-17/h3-4,9H,1-2,5-8H2. The van der Waals surface area contributed by atoms with Crippen molar-refractivity contribution in [1.29, 1.82) is 0 Å². The molecule has 0 aliphatic carbocycles. The second-order valence-corrected chi connectivity index (χ2v) is 4.83. The predicted molar refractivity (Wildman–Crippen MR) is 69.3 cm³/mol. The Bertz CT molecular complexity index is 514. The Hall–Kier alpha value is -1.83. The lowest BCUT2D eigenvalue weighted by atomic mass is 10.1. The van der Waals surface area contributed by atoms with Crippen molar-refractivity contribution in [2.24, 2.45) is 0 Å². The minimum absolute atomic E-state index is 0.126. The molecule has 1 heterocycles. The SMILES string of the molecule is O=[N+]([O-])c1ccc(OCCN2CCCC2)c(C(F)(F)F)c1. The van der Waals surface area contributed by atoms with Crippen LogP contribution in [0.5, 0.6) is 5.75 Å². The number of non-ortho nitro benzene ring substituents is 1. The van der Waals surface area contributed by atoms with E-state index in [0.29, 0.717) is 12.6 Å². The van der Waals surface area contributed by atoms with Gasteiger partial charge in [0.15, 0.2) is 0 Å². The van der Waals surface area contributed by atoms with Gasteiger partial charge in [-0.05, 0) is 32.0 Å². The van der Waals surface area contributed by atoms with Crippen LogP contribution in [0.2, 0.25) is 0 Å². The summed E-state index contributed by atoms with van der Waals surface area (Å²) in [7, 11) is 0. The van der Waals surface area contributed by atoms with Gasteiger partial charge >= 0.3 is 6.18 Å². The third kappa shape index (κ3) is 4.07. The summed E-state index contributed by atoms with van der Waals surface area (Å²) in [5, 5.41) is 10.6. The quantitative estimate of drug-likeness (QED) is 0.619. The molecule has 0 amide bonds. The van der Waals surface area contributed by atoms with Crippen LogP contribution < -0.4 is 4.74 Å². The van der Waals surface area contributed by atoms with E-state index in [-0.39, 0.29) is 12.4 Å². The summed E-state index contributed by atoms with van der Waals surface area (Å²) < 4.78 is 43.9. The molecule has 8 heteroatoms. The number of alkyl halides is 3. The van der Waals surface area contributed by atoms with Gasteiger partial charge < -0.3 is 4.74 Å². The third-order valence-corrected chi connectivity index (χ3v) is 3.34. The molecule has 21 heavy (non-hydrogen) atoms. The maximum absolute atomic E-state index is 12.9. The Labute approximate surface area is 119 Å². The lowest BCUT2D eigenvalue weighted by Crippen LogP contribution is -2.25. The Morgan fingerprint density at radius 2 is 1.95 bits per heavy atom. The van der Waals surface area contributed by atoms with Gasteiger partial charge in [-0.2, -0.15) is 13.2 Å². The average Bonchev–Trinajstić information content (AvgIpc) is 2.90. The van der Waals surface area contributed by atoms with E-state index >= 15 is 0 Å². The number of rotatable bonds is 5. The summed E-state index contributed by atoms with van der Waals surface area (Å²) in [6, 6.07) is 2.52. The number of nitro benzene ring substituents is 1. The van der Waals surface area contributed by atoms with Crippen molar-refractivity contribution in [1.82, 2.24) is 4.90 Å². The van der Waals surface area contributed by atoms with E-state index < -0.39 is 22.4 Å². The molecule has 0 unspecified atom stereocenters. The average molecular weight is 304 g/mol. The molecular formula is C13H15F3N2O3. The molecule has 1 aromatic rings. The normalized spacial score (nSPS) is 16.1. The molecule has 1 aliphatic rings. The Kier molecular flexibility index (Phi) is 4.66. The van der Waals surface area contributed by atoms with E-state index in [1.807, 2.05) is 0 Å². The van der Waals surface area contributed by atoms with Gasteiger partial charge in [0.25, 0.3) is 5.69 Å². The molecule has 0 bridgehead atoms. The van der Waals surface area contributed by atoms with Crippen molar-refractivity contribution in [3.05, 3.63) is 33.9 Å². The molecule has 1 aliphatic heterocycles. The van der Waals surface area contributed by atoms with Gasteiger partial charge in [0.05, 0.1) is 4.92 Å². The van der Waals surface area contributed by atoms with Crippen LogP contribution in [-0.4, -0.2) is 36.1 Å². The highest BCUT2D eigenvalue weighted by molar-refractivity contribution is 5.45. The maximum Gasteiger partial charge on any atom is 0.420 e. The smallest absolute Gasteiger partial charge is 0.420 e. The number of nitro groups is 1. The first-order valence-electron chi connectivity index (χ1n) is 6.59. The molecule has 1 saturated heterocycles. The lowest BCUT2D eigenvalue weighted by Gasteiger charge is -2.17. The van der Waals surface area contributed by atoms with Crippen LogP contribution >= 0.6 is 0 Å². The van der Waals surface area contributed by atoms with E-state index in [1.165, 1.54) is 0 Å². The summed E-state index contributed by atoms with van der Waals surface area (Å²) in [6.07, 6.45) is -2.51. The third-order valence-electron chi connectivity index (χ3n) is 3.34. The fourth-order valence-corrected chi connectivity index (χ4v) is 2.27. The van der Waals surface area contributed by atoms with Gasteiger partial charge in [-0.25, -0.2) is 0 Å². The molecule has 116 valence electrons. The van der Waals surface area contributed by atoms with Crippen molar-refractivity contribution in [3.63, 3.8) is 0 Å². The van der Waals surface area contributed by atoms with Crippen LogP contribution in [0.1, 0.15) is 18.4 Å². The fourth-order valence-electron chi connectivity index (χ4n) is 2.27. The first kappa shape index (κ1) is 15.6. The first-order valence-corrected chi connectivity index (χ1v) is 6.59. The van der Waals surface area contributed by atoms with Gasteiger partial charge in [0.1, 0.15) is 17.9 Å². The van der Waals surface area contributed by atoms with Crippen LogP contribution in [0.15, 0.2) is 18.2 Å². The second-order valence-electron chi connectivity index (χ2n) is 4.83. The van der Waals surface area contributed by atoms with Gasteiger partial charge in [0.2, 0.25) is 0 Å². The molecule has 0 spiro atoms. The van der Waals surface area contributed by atoms with Crippen LogP contribution in [-0.2, 0) is 6.18 Å². The Morgan fingerprint density at radius 1 is 1.29 bits per heavy atom. The highest BCUT2D eigenvalue weighted by Gasteiger charge is 2.36. The van der Waals surface area contributed by atoms with Gasteiger partial charge in [-0.3, -0.25) is 15.0 Å². The van der Waals surface area contributed by atoms with E-state index in [2.05, 4.69) is 4.90 Å². The molecular weight excluding hydrogens is 289 g/mol. The van der Waals surface area contributed by atoms with Crippen molar-refractivity contribution < 1.29 is 22.8 Å². The molecule has 0 saturated carbocycles. The highest BCUT2D eigenvalue weighted by Crippen LogP contribution is 2.38. The van der Waals surface area contributed by atoms with Crippen molar-refractivity contribution in [2.75, 3.05) is 26.2 Å². The molecule has 0 N–H and O–H groups in total. The topological polar surface area (TPSA) is 55.6 Å². The Balaban J connectivity index is 2.08. The van der Waals surface area contributed by atoms with Crippen molar-refractivity contribution >= 4 is 5.69 Å².